The van der Waals surface area contributed by atoms with E-state index in [0.29, 0.717) is 11.4 Å². The van der Waals surface area contributed by atoms with Crippen LogP contribution in [0.15, 0.2) is 48.5 Å². The Morgan fingerprint density at radius 3 is 2.15 bits per heavy atom. The first kappa shape index (κ1) is 14.9. The third-order valence-electron chi connectivity index (χ3n) is 3.51. The number of aliphatic hydroxyl groups excluding tert-OH is 2. The fourth-order valence-corrected chi connectivity index (χ4v) is 2.43. The number of phenolic OH excluding ortho intramolecular Hbond substituents is 1. The normalized spacial score (nSPS) is 11.6. The molecule has 0 radical (unpaired) electrons. The summed E-state index contributed by atoms with van der Waals surface area (Å²) in [7, 11) is 0. The zero-order valence-electron chi connectivity index (χ0n) is 11.0. The van der Waals surface area contributed by atoms with Crippen molar-refractivity contribution in [2.75, 3.05) is 13.2 Å². The van der Waals surface area contributed by atoms with Crippen LogP contribution in [0.3, 0.4) is 0 Å². The Bertz CT molecular complexity index is 562. The molecule has 0 aliphatic carbocycles. The summed E-state index contributed by atoms with van der Waals surface area (Å²) >= 11 is 5.87. The van der Waals surface area contributed by atoms with Crippen molar-refractivity contribution in [2.24, 2.45) is 0 Å². The van der Waals surface area contributed by atoms with Gasteiger partial charge in [0, 0.05) is 10.4 Å². The van der Waals surface area contributed by atoms with E-state index in [9.17, 15) is 15.3 Å². The summed E-state index contributed by atoms with van der Waals surface area (Å²) in [6, 6.07) is 13.9. The highest BCUT2D eigenvalue weighted by atomic mass is 35.5. The Hall–Kier alpha value is -1.55. The van der Waals surface area contributed by atoms with Crippen molar-refractivity contribution in [2.45, 2.75) is 11.8 Å². The SMILES string of the molecule is OCC(CO)(Cc1cccc(O)c1)c1ccc(Cl)cc1. The lowest BCUT2D eigenvalue weighted by atomic mass is 9.77. The van der Waals surface area contributed by atoms with Crippen molar-refractivity contribution in [3.8, 4) is 5.75 Å². The molecule has 0 aliphatic rings. The number of phenols is 1. The lowest BCUT2D eigenvalue weighted by Crippen LogP contribution is -2.37. The first-order valence-electron chi connectivity index (χ1n) is 6.35. The molecule has 0 amide bonds. The van der Waals surface area contributed by atoms with E-state index < -0.39 is 5.41 Å². The Kier molecular flexibility index (Phi) is 4.65. The van der Waals surface area contributed by atoms with Crippen molar-refractivity contribution in [1.82, 2.24) is 0 Å². The predicted molar refractivity (Wildman–Crippen MR) is 79.1 cm³/mol. The summed E-state index contributed by atoms with van der Waals surface area (Å²) in [5, 5.41) is 29.7. The Labute approximate surface area is 123 Å². The lowest BCUT2D eigenvalue weighted by molar-refractivity contribution is 0.116. The van der Waals surface area contributed by atoms with E-state index in [-0.39, 0.29) is 19.0 Å². The molecule has 0 aliphatic heterocycles. The van der Waals surface area contributed by atoms with E-state index in [1.54, 1.807) is 42.5 Å². The van der Waals surface area contributed by atoms with E-state index >= 15 is 0 Å². The molecule has 4 heteroatoms. The number of aliphatic hydroxyl groups is 2. The minimum Gasteiger partial charge on any atom is -0.508 e. The molecule has 0 aromatic heterocycles. The van der Waals surface area contributed by atoms with E-state index in [4.69, 9.17) is 11.6 Å². The highest BCUT2D eigenvalue weighted by Gasteiger charge is 2.31. The Morgan fingerprint density at radius 2 is 1.60 bits per heavy atom. The molecular weight excluding hydrogens is 276 g/mol. The standard InChI is InChI=1S/C16H17ClO3/c17-14-6-4-13(5-7-14)16(10-18,11-19)9-12-2-1-3-15(20)8-12/h1-8,18-20H,9-11H2. The monoisotopic (exact) mass is 292 g/mol. The zero-order chi connectivity index (χ0) is 14.6. The summed E-state index contributed by atoms with van der Waals surface area (Å²) < 4.78 is 0. The molecule has 0 fully saturated rings. The summed E-state index contributed by atoms with van der Waals surface area (Å²) in [6.45, 7) is -0.387. The zero-order valence-corrected chi connectivity index (χ0v) is 11.7. The highest BCUT2D eigenvalue weighted by molar-refractivity contribution is 6.30. The van der Waals surface area contributed by atoms with Gasteiger partial charge >= 0.3 is 0 Å². The molecule has 0 bridgehead atoms. The van der Waals surface area contributed by atoms with Crippen molar-refractivity contribution in [1.29, 1.82) is 0 Å². The third kappa shape index (κ3) is 3.12. The van der Waals surface area contributed by atoms with Crippen molar-refractivity contribution in [3.63, 3.8) is 0 Å². The van der Waals surface area contributed by atoms with E-state index in [0.717, 1.165) is 11.1 Å². The number of hydrogen-bond donors (Lipinski definition) is 3. The van der Waals surface area contributed by atoms with Crippen LogP contribution < -0.4 is 0 Å². The molecule has 0 saturated heterocycles. The maximum absolute atomic E-state index is 9.77. The number of halogens is 1. The van der Waals surface area contributed by atoms with Gasteiger partial charge in [-0.1, -0.05) is 35.9 Å². The van der Waals surface area contributed by atoms with Crippen LogP contribution in [-0.2, 0) is 11.8 Å². The quantitative estimate of drug-likeness (QED) is 0.793. The minimum absolute atomic E-state index is 0.170. The molecule has 0 heterocycles. The molecular formula is C16H17ClO3. The van der Waals surface area contributed by atoms with E-state index in [1.165, 1.54) is 0 Å². The van der Waals surface area contributed by atoms with Crippen LogP contribution in [0.4, 0.5) is 0 Å². The summed E-state index contributed by atoms with van der Waals surface area (Å²) in [5.74, 6) is 0.170. The van der Waals surface area contributed by atoms with E-state index in [1.807, 2.05) is 6.07 Å². The number of benzene rings is 2. The van der Waals surface area contributed by atoms with Gasteiger partial charge in [-0.15, -0.1) is 0 Å². The van der Waals surface area contributed by atoms with Gasteiger partial charge in [0.25, 0.3) is 0 Å². The number of rotatable bonds is 5. The molecule has 20 heavy (non-hydrogen) atoms. The average Bonchev–Trinajstić information content (AvgIpc) is 2.46. The molecule has 0 spiro atoms. The topological polar surface area (TPSA) is 60.7 Å². The summed E-state index contributed by atoms with van der Waals surface area (Å²) in [6.07, 6.45) is 0.427. The molecule has 0 unspecified atom stereocenters. The molecule has 2 rings (SSSR count). The molecule has 0 atom stereocenters. The lowest BCUT2D eigenvalue weighted by Gasteiger charge is -2.30. The van der Waals surface area contributed by atoms with Gasteiger partial charge in [0.05, 0.1) is 13.2 Å². The Balaban J connectivity index is 2.36. The van der Waals surface area contributed by atoms with Crippen LogP contribution in [-0.4, -0.2) is 28.5 Å². The van der Waals surface area contributed by atoms with Crippen LogP contribution in [0.1, 0.15) is 11.1 Å². The number of aromatic hydroxyl groups is 1. The van der Waals surface area contributed by atoms with Gasteiger partial charge in [-0.3, -0.25) is 0 Å². The van der Waals surface area contributed by atoms with Gasteiger partial charge in [-0.2, -0.15) is 0 Å². The second-order valence-corrected chi connectivity index (χ2v) is 5.39. The second kappa shape index (κ2) is 6.27. The van der Waals surface area contributed by atoms with Crippen molar-refractivity contribution in [3.05, 3.63) is 64.7 Å². The smallest absolute Gasteiger partial charge is 0.115 e. The fourth-order valence-electron chi connectivity index (χ4n) is 2.31. The molecule has 2 aromatic carbocycles. The van der Waals surface area contributed by atoms with Crippen LogP contribution >= 0.6 is 11.6 Å². The highest BCUT2D eigenvalue weighted by Crippen LogP contribution is 2.30. The third-order valence-corrected chi connectivity index (χ3v) is 3.77. The van der Waals surface area contributed by atoms with Gasteiger partial charge in [-0.05, 0) is 41.8 Å². The van der Waals surface area contributed by atoms with Crippen LogP contribution in [0.2, 0.25) is 5.02 Å². The minimum atomic E-state index is -0.793. The van der Waals surface area contributed by atoms with Gasteiger partial charge in [0.15, 0.2) is 0 Å². The summed E-state index contributed by atoms with van der Waals surface area (Å²) in [5.41, 5.74) is 0.872. The molecule has 106 valence electrons. The maximum atomic E-state index is 9.77. The molecule has 2 aromatic rings. The molecule has 0 saturated carbocycles. The first-order chi connectivity index (χ1) is 9.59. The first-order valence-corrected chi connectivity index (χ1v) is 6.73. The van der Waals surface area contributed by atoms with Gasteiger partial charge in [-0.25, -0.2) is 0 Å². The van der Waals surface area contributed by atoms with Crippen LogP contribution in [0, 0.1) is 0 Å². The number of hydrogen-bond acceptors (Lipinski definition) is 3. The van der Waals surface area contributed by atoms with Gasteiger partial charge in [0.1, 0.15) is 5.75 Å². The fraction of sp³-hybridized carbons (Fsp3) is 0.250. The second-order valence-electron chi connectivity index (χ2n) is 4.95. The summed E-state index contributed by atoms with van der Waals surface area (Å²) in [4.78, 5) is 0. The van der Waals surface area contributed by atoms with Crippen molar-refractivity contribution < 1.29 is 15.3 Å². The Morgan fingerprint density at radius 1 is 0.950 bits per heavy atom. The van der Waals surface area contributed by atoms with Gasteiger partial charge in [0.2, 0.25) is 0 Å². The van der Waals surface area contributed by atoms with Crippen LogP contribution in [0.25, 0.3) is 0 Å². The maximum Gasteiger partial charge on any atom is 0.115 e. The van der Waals surface area contributed by atoms with Gasteiger partial charge < -0.3 is 15.3 Å². The van der Waals surface area contributed by atoms with Crippen LogP contribution in [0.5, 0.6) is 5.75 Å². The van der Waals surface area contributed by atoms with E-state index in [2.05, 4.69) is 0 Å². The largest absolute Gasteiger partial charge is 0.508 e. The van der Waals surface area contributed by atoms with Crippen molar-refractivity contribution >= 4 is 11.6 Å². The molecule has 3 nitrogen and oxygen atoms in total. The molecule has 3 N–H and O–H groups in total. The average molecular weight is 293 g/mol. The predicted octanol–water partition coefficient (Wildman–Crippen LogP) is 2.51.